The zero-order chi connectivity index (χ0) is 14.6. The van der Waals surface area contributed by atoms with Crippen LogP contribution in [-0.4, -0.2) is 15.0 Å². The summed E-state index contributed by atoms with van der Waals surface area (Å²) in [6, 6.07) is 13.0. The third-order valence-corrected chi connectivity index (χ3v) is 4.03. The molecule has 2 aromatic rings. The van der Waals surface area contributed by atoms with E-state index in [1.54, 1.807) is 0 Å². The lowest BCUT2D eigenvalue weighted by molar-refractivity contribution is 0.305. The van der Waals surface area contributed by atoms with Gasteiger partial charge in [-0.1, -0.05) is 30.3 Å². The summed E-state index contributed by atoms with van der Waals surface area (Å²) < 4.78 is 41.1. The standard InChI is InChI=1S/C14H12ClFO3S/c15-20(17,18)12-6-7-14(13(16)10-12)19-9-8-11-4-2-1-3-5-11/h1-7,10H,8-9H2. The number of rotatable bonds is 5. The molecule has 0 amide bonds. The first-order valence-electron chi connectivity index (χ1n) is 5.88. The van der Waals surface area contributed by atoms with E-state index in [1.807, 2.05) is 30.3 Å². The molecule has 0 saturated heterocycles. The normalized spacial score (nSPS) is 11.3. The Morgan fingerprint density at radius 3 is 2.40 bits per heavy atom. The van der Waals surface area contributed by atoms with E-state index >= 15 is 0 Å². The molecule has 3 nitrogen and oxygen atoms in total. The average Bonchev–Trinajstić information content (AvgIpc) is 2.40. The molecule has 20 heavy (non-hydrogen) atoms. The molecular weight excluding hydrogens is 303 g/mol. The molecule has 2 aromatic carbocycles. The van der Waals surface area contributed by atoms with Crippen LogP contribution in [0.5, 0.6) is 5.75 Å². The molecule has 0 radical (unpaired) electrons. The zero-order valence-electron chi connectivity index (χ0n) is 10.4. The van der Waals surface area contributed by atoms with Crippen LogP contribution in [0.4, 0.5) is 4.39 Å². The van der Waals surface area contributed by atoms with E-state index in [-0.39, 0.29) is 10.6 Å². The molecule has 2 rings (SSSR count). The second-order valence-corrected chi connectivity index (χ2v) is 6.68. The van der Waals surface area contributed by atoms with E-state index in [1.165, 1.54) is 12.1 Å². The van der Waals surface area contributed by atoms with Crippen molar-refractivity contribution in [1.82, 2.24) is 0 Å². The summed E-state index contributed by atoms with van der Waals surface area (Å²) >= 11 is 0. The van der Waals surface area contributed by atoms with Crippen LogP contribution < -0.4 is 4.74 Å². The maximum absolute atomic E-state index is 13.7. The van der Waals surface area contributed by atoms with Crippen molar-refractivity contribution in [2.75, 3.05) is 6.61 Å². The lowest BCUT2D eigenvalue weighted by Crippen LogP contribution is -2.03. The van der Waals surface area contributed by atoms with Crippen molar-refractivity contribution in [2.24, 2.45) is 0 Å². The van der Waals surface area contributed by atoms with Gasteiger partial charge >= 0.3 is 0 Å². The van der Waals surface area contributed by atoms with Crippen molar-refractivity contribution < 1.29 is 17.5 Å². The summed E-state index contributed by atoms with van der Waals surface area (Å²) in [6.07, 6.45) is 0.635. The van der Waals surface area contributed by atoms with Crippen LogP contribution in [0.1, 0.15) is 5.56 Å². The summed E-state index contributed by atoms with van der Waals surface area (Å²) in [7, 11) is 1.20. The molecule has 0 spiro atoms. The molecule has 0 unspecified atom stereocenters. The van der Waals surface area contributed by atoms with E-state index in [0.29, 0.717) is 13.0 Å². The van der Waals surface area contributed by atoms with E-state index < -0.39 is 14.9 Å². The first-order chi connectivity index (χ1) is 9.47. The Balaban J connectivity index is 2.00. The predicted octanol–water partition coefficient (Wildman–Crippen LogP) is 3.37. The first kappa shape index (κ1) is 14.8. The highest BCUT2D eigenvalue weighted by molar-refractivity contribution is 8.13. The molecule has 0 atom stereocenters. The molecule has 0 aliphatic rings. The molecule has 0 aliphatic heterocycles. The van der Waals surface area contributed by atoms with Gasteiger partial charge in [0.25, 0.3) is 9.05 Å². The number of halogens is 2. The molecule has 0 saturated carbocycles. The van der Waals surface area contributed by atoms with E-state index in [2.05, 4.69) is 0 Å². The number of ether oxygens (including phenoxy) is 1. The van der Waals surface area contributed by atoms with Gasteiger partial charge in [-0.05, 0) is 23.8 Å². The van der Waals surface area contributed by atoms with E-state index in [9.17, 15) is 12.8 Å². The van der Waals surface area contributed by atoms with Gasteiger partial charge in [0.1, 0.15) is 0 Å². The molecule has 6 heteroatoms. The minimum absolute atomic E-state index is 0.00463. The minimum atomic E-state index is -3.93. The van der Waals surface area contributed by atoms with Crippen LogP contribution >= 0.6 is 10.7 Å². The van der Waals surface area contributed by atoms with Crippen LogP contribution in [0.2, 0.25) is 0 Å². The Morgan fingerprint density at radius 1 is 1.10 bits per heavy atom. The minimum Gasteiger partial charge on any atom is -0.490 e. The molecule has 0 aliphatic carbocycles. The van der Waals surface area contributed by atoms with Crippen molar-refractivity contribution in [3.05, 3.63) is 59.9 Å². The van der Waals surface area contributed by atoms with Crippen LogP contribution in [0.25, 0.3) is 0 Å². The first-order valence-corrected chi connectivity index (χ1v) is 8.19. The molecule has 106 valence electrons. The van der Waals surface area contributed by atoms with E-state index in [0.717, 1.165) is 11.6 Å². The largest absolute Gasteiger partial charge is 0.490 e. The summed E-state index contributed by atoms with van der Waals surface area (Å²) in [4.78, 5) is -0.285. The van der Waals surface area contributed by atoms with Gasteiger partial charge < -0.3 is 4.74 Å². The van der Waals surface area contributed by atoms with E-state index in [4.69, 9.17) is 15.4 Å². The Kier molecular flexibility index (Phi) is 4.62. The Morgan fingerprint density at radius 2 is 1.80 bits per heavy atom. The fourth-order valence-electron chi connectivity index (χ4n) is 1.67. The molecular formula is C14H12ClFO3S. The lowest BCUT2D eigenvalue weighted by Gasteiger charge is -2.08. The van der Waals surface area contributed by atoms with Gasteiger partial charge in [-0.25, -0.2) is 12.8 Å². The van der Waals surface area contributed by atoms with Gasteiger partial charge in [-0.3, -0.25) is 0 Å². The third-order valence-electron chi connectivity index (χ3n) is 2.68. The number of hydrogen-bond donors (Lipinski definition) is 0. The number of hydrogen-bond acceptors (Lipinski definition) is 3. The third kappa shape index (κ3) is 3.95. The van der Waals surface area contributed by atoms with Crippen molar-refractivity contribution in [3.63, 3.8) is 0 Å². The second kappa shape index (κ2) is 6.24. The summed E-state index contributed by atoms with van der Waals surface area (Å²) in [5.41, 5.74) is 1.08. The van der Waals surface area contributed by atoms with Crippen molar-refractivity contribution in [3.8, 4) is 5.75 Å². The van der Waals surface area contributed by atoms with Crippen LogP contribution in [0.15, 0.2) is 53.4 Å². The summed E-state index contributed by atoms with van der Waals surface area (Å²) in [5.74, 6) is -0.746. The Bertz CT molecular complexity index is 687. The summed E-state index contributed by atoms with van der Waals surface area (Å²) in [6.45, 7) is 0.300. The lowest BCUT2D eigenvalue weighted by atomic mass is 10.2. The molecule has 0 aromatic heterocycles. The molecule has 0 fully saturated rings. The molecule has 0 heterocycles. The molecule has 0 N–H and O–H groups in total. The maximum Gasteiger partial charge on any atom is 0.261 e. The zero-order valence-corrected chi connectivity index (χ0v) is 12.0. The van der Waals surface area contributed by atoms with Crippen molar-refractivity contribution in [2.45, 2.75) is 11.3 Å². The number of benzene rings is 2. The second-order valence-electron chi connectivity index (χ2n) is 4.11. The van der Waals surface area contributed by atoms with Crippen molar-refractivity contribution in [1.29, 1.82) is 0 Å². The van der Waals surface area contributed by atoms with Gasteiger partial charge in [-0.2, -0.15) is 0 Å². The van der Waals surface area contributed by atoms with Gasteiger partial charge in [0.05, 0.1) is 11.5 Å². The smallest absolute Gasteiger partial charge is 0.261 e. The van der Waals surface area contributed by atoms with Crippen LogP contribution in [-0.2, 0) is 15.5 Å². The highest BCUT2D eigenvalue weighted by Gasteiger charge is 2.13. The maximum atomic E-state index is 13.7. The van der Waals surface area contributed by atoms with Gasteiger partial charge in [0.15, 0.2) is 11.6 Å². The molecule has 0 bridgehead atoms. The van der Waals surface area contributed by atoms with Crippen LogP contribution in [0, 0.1) is 5.82 Å². The fraction of sp³-hybridized carbons (Fsp3) is 0.143. The average molecular weight is 315 g/mol. The quantitative estimate of drug-likeness (QED) is 0.795. The summed E-state index contributed by atoms with van der Waals surface area (Å²) in [5, 5.41) is 0. The fourth-order valence-corrected chi connectivity index (χ4v) is 2.44. The monoisotopic (exact) mass is 314 g/mol. The van der Waals surface area contributed by atoms with Crippen LogP contribution in [0.3, 0.4) is 0 Å². The Hall–Kier alpha value is -1.59. The topological polar surface area (TPSA) is 43.4 Å². The van der Waals surface area contributed by atoms with Gasteiger partial charge in [0, 0.05) is 17.1 Å². The van der Waals surface area contributed by atoms with Crippen molar-refractivity contribution >= 4 is 19.7 Å². The SMILES string of the molecule is O=S(=O)(Cl)c1ccc(OCCc2ccccc2)c(F)c1. The van der Waals surface area contributed by atoms with Gasteiger partial charge in [0.2, 0.25) is 0 Å². The highest BCUT2D eigenvalue weighted by Crippen LogP contribution is 2.23. The van der Waals surface area contributed by atoms with Gasteiger partial charge in [-0.15, -0.1) is 0 Å². The Labute approximate surface area is 121 Å². The predicted molar refractivity (Wildman–Crippen MR) is 75.1 cm³/mol. The highest BCUT2D eigenvalue weighted by atomic mass is 35.7.